The Hall–Kier alpha value is -1.58. The highest BCUT2D eigenvalue weighted by Gasteiger charge is 2.39. The Morgan fingerprint density at radius 2 is 2.00 bits per heavy atom. The number of nitrogens with one attached hydrogen (secondary N) is 1. The fraction of sp³-hybridized carbons (Fsp3) is 0.714. The van der Waals surface area contributed by atoms with Gasteiger partial charge < -0.3 is 10.2 Å². The van der Waals surface area contributed by atoms with Gasteiger partial charge in [-0.3, -0.25) is 4.98 Å². The molecule has 1 aromatic rings. The fourth-order valence-electron chi connectivity index (χ4n) is 5.48. The maximum Gasteiger partial charge on any atom is 0.317 e. The number of fused-ring (bicyclic) bond motifs is 2. The minimum absolute atomic E-state index is 0.131. The Morgan fingerprint density at radius 1 is 1.12 bits per heavy atom. The van der Waals surface area contributed by atoms with E-state index >= 15 is 0 Å². The first-order chi connectivity index (χ1) is 12.3. The number of amides is 2. The predicted octanol–water partition coefficient (Wildman–Crippen LogP) is 4.53. The van der Waals surface area contributed by atoms with Crippen molar-refractivity contribution >= 4 is 6.03 Å². The predicted molar refractivity (Wildman–Crippen MR) is 99.1 cm³/mol. The van der Waals surface area contributed by atoms with Gasteiger partial charge in [0.05, 0.1) is 6.04 Å². The Labute approximate surface area is 151 Å². The molecule has 1 saturated heterocycles. The molecule has 2 amide bonds. The van der Waals surface area contributed by atoms with Gasteiger partial charge in [0.2, 0.25) is 0 Å². The number of nitrogens with zero attached hydrogens (tertiary/aromatic N) is 2. The molecule has 4 atom stereocenters. The van der Waals surface area contributed by atoms with Crippen LogP contribution in [0.5, 0.6) is 0 Å². The number of carbonyl (C=O) groups excluding carboxylic acids is 1. The van der Waals surface area contributed by atoms with Gasteiger partial charge >= 0.3 is 6.03 Å². The summed E-state index contributed by atoms with van der Waals surface area (Å²) in [4.78, 5) is 19.1. The minimum atomic E-state index is 0.131. The molecular weight excluding hydrogens is 310 g/mol. The maximum absolute atomic E-state index is 12.9. The van der Waals surface area contributed by atoms with E-state index in [0.717, 1.165) is 43.7 Å². The molecule has 2 heterocycles. The number of pyridine rings is 1. The van der Waals surface area contributed by atoms with Crippen LogP contribution in [0.25, 0.3) is 0 Å². The molecule has 136 valence electrons. The summed E-state index contributed by atoms with van der Waals surface area (Å²) in [6, 6.07) is 4.46. The SMILES string of the molecule is O=C(NCCC1CC2CCC1C2)N1CCCCCC1c1ccncc1. The molecule has 4 unspecified atom stereocenters. The third-order valence-electron chi connectivity index (χ3n) is 6.78. The van der Waals surface area contributed by atoms with Crippen LogP contribution in [0.3, 0.4) is 0 Å². The highest BCUT2D eigenvalue weighted by atomic mass is 16.2. The van der Waals surface area contributed by atoms with Gasteiger partial charge in [-0.15, -0.1) is 0 Å². The van der Waals surface area contributed by atoms with Crippen molar-refractivity contribution in [2.24, 2.45) is 17.8 Å². The molecule has 25 heavy (non-hydrogen) atoms. The van der Waals surface area contributed by atoms with E-state index in [2.05, 4.69) is 27.3 Å². The smallest absolute Gasteiger partial charge is 0.317 e. The normalized spacial score (nSPS) is 31.8. The zero-order chi connectivity index (χ0) is 17.1. The van der Waals surface area contributed by atoms with Crippen LogP contribution in [0.2, 0.25) is 0 Å². The summed E-state index contributed by atoms with van der Waals surface area (Å²) in [6.07, 6.45) is 15.2. The molecular formula is C21H31N3O. The van der Waals surface area contributed by atoms with Crippen LogP contribution in [0, 0.1) is 17.8 Å². The summed E-state index contributed by atoms with van der Waals surface area (Å²) in [5, 5.41) is 3.24. The van der Waals surface area contributed by atoms with Gasteiger partial charge in [-0.1, -0.05) is 19.3 Å². The third kappa shape index (κ3) is 3.83. The van der Waals surface area contributed by atoms with Crippen LogP contribution in [-0.2, 0) is 0 Å². The zero-order valence-corrected chi connectivity index (χ0v) is 15.2. The number of aromatic nitrogens is 1. The third-order valence-corrected chi connectivity index (χ3v) is 6.78. The summed E-state index contributed by atoms with van der Waals surface area (Å²) >= 11 is 0. The molecule has 0 radical (unpaired) electrons. The molecule has 1 aliphatic heterocycles. The van der Waals surface area contributed by atoms with E-state index in [-0.39, 0.29) is 12.1 Å². The van der Waals surface area contributed by atoms with E-state index in [1.54, 1.807) is 0 Å². The zero-order valence-electron chi connectivity index (χ0n) is 15.2. The van der Waals surface area contributed by atoms with Crippen LogP contribution >= 0.6 is 0 Å². The summed E-state index contributed by atoms with van der Waals surface area (Å²) in [5.74, 6) is 2.80. The highest BCUT2D eigenvalue weighted by molar-refractivity contribution is 5.74. The average molecular weight is 341 g/mol. The van der Waals surface area contributed by atoms with Gasteiger partial charge in [0.15, 0.2) is 0 Å². The van der Waals surface area contributed by atoms with Crippen molar-refractivity contribution in [1.82, 2.24) is 15.2 Å². The van der Waals surface area contributed by atoms with Gasteiger partial charge in [-0.05, 0) is 74.0 Å². The lowest BCUT2D eigenvalue weighted by atomic mass is 9.86. The Bertz CT molecular complexity index is 576. The Balaban J connectivity index is 1.33. The first-order valence-electron chi connectivity index (χ1n) is 10.3. The van der Waals surface area contributed by atoms with Gasteiger partial charge in [-0.25, -0.2) is 4.79 Å². The van der Waals surface area contributed by atoms with E-state index in [1.165, 1.54) is 50.5 Å². The second-order valence-electron chi connectivity index (χ2n) is 8.29. The molecule has 4 heteroatoms. The van der Waals surface area contributed by atoms with E-state index in [9.17, 15) is 4.79 Å². The molecule has 3 aliphatic rings. The number of hydrogen-bond donors (Lipinski definition) is 1. The first-order valence-corrected chi connectivity index (χ1v) is 10.3. The van der Waals surface area contributed by atoms with Gasteiger partial charge in [0.1, 0.15) is 0 Å². The fourth-order valence-corrected chi connectivity index (χ4v) is 5.48. The lowest BCUT2D eigenvalue weighted by Crippen LogP contribution is -2.43. The summed E-state index contributed by atoms with van der Waals surface area (Å²) in [7, 11) is 0. The van der Waals surface area contributed by atoms with Crippen molar-refractivity contribution in [3.05, 3.63) is 30.1 Å². The molecule has 2 aliphatic carbocycles. The second-order valence-corrected chi connectivity index (χ2v) is 8.29. The van der Waals surface area contributed by atoms with Crippen molar-refractivity contribution in [2.75, 3.05) is 13.1 Å². The number of rotatable bonds is 4. The van der Waals surface area contributed by atoms with Crippen molar-refractivity contribution in [3.63, 3.8) is 0 Å². The first kappa shape index (κ1) is 16.9. The van der Waals surface area contributed by atoms with Crippen molar-refractivity contribution < 1.29 is 4.79 Å². The molecule has 4 rings (SSSR count). The Morgan fingerprint density at radius 3 is 2.76 bits per heavy atom. The molecule has 2 saturated carbocycles. The highest BCUT2D eigenvalue weighted by Crippen LogP contribution is 2.49. The molecule has 3 fully saturated rings. The van der Waals surface area contributed by atoms with E-state index in [1.807, 2.05) is 12.4 Å². The largest absolute Gasteiger partial charge is 0.338 e. The van der Waals surface area contributed by atoms with Gasteiger partial charge in [0.25, 0.3) is 0 Å². The molecule has 1 aromatic heterocycles. The maximum atomic E-state index is 12.9. The molecule has 0 spiro atoms. The van der Waals surface area contributed by atoms with Crippen LogP contribution < -0.4 is 5.32 Å². The van der Waals surface area contributed by atoms with Crippen molar-refractivity contribution in [3.8, 4) is 0 Å². The van der Waals surface area contributed by atoms with E-state index < -0.39 is 0 Å². The molecule has 1 N–H and O–H groups in total. The van der Waals surface area contributed by atoms with E-state index in [4.69, 9.17) is 0 Å². The number of carbonyl (C=O) groups is 1. The lowest BCUT2D eigenvalue weighted by Gasteiger charge is -2.31. The van der Waals surface area contributed by atoms with Crippen LogP contribution in [0.15, 0.2) is 24.5 Å². The summed E-state index contributed by atoms with van der Waals surface area (Å²) in [5.41, 5.74) is 1.22. The van der Waals surface area contributed by atoms with Gasteiger partial charge in [-0.2, -0.15) is 0 Å². The number of urea groups is 1. The monoisotopic (exact) mass is 341 g/mol. The Kier molecular flexibility index (Phi) is 5.23. The average Bonchev–Trinajstić information content (AvgIpc) is 3.17. The minimum Gasteiger partial charge on any atom is -0.338 e. The van der Waals surface area contributed by atoms with E-state index in [0.29, 0.717) is 0 Å². The molecule has 2 bridgehead atoms. The van der Waals surface area contributed by atoms with Crippen LogP contribution in [-0.4, -0.2) is 29.0 Å². The standard InChI is InChI=1S/C21H31N3O/c25-21(23-12-9-19-15-16-5-6-18(19)14-16)24-13-3-1-2-4-20(24)17-7-10-22-11-8-17/h7-8,10-11,16,18-20H,1-6,9,12-15H2,(H,23,25). The molecule has 4 nitrogen and oxygen atoms in total. The van der Waals surface area contributed by atoms with Crippen molar-refractivity contribution in [2.45, 2.75) is 63.8 Å². The van der Waals surface area contributed by atoms with Gasteiger partial charge in [0, 0.05) is 25.5 Å². The second kappa shape index (κ2) is 7.76. The summed E-state index contributed by atoms with van der Waals surface area (Å²) in [6.45, 7) is 1.71. The quantitative estimate of drug-likeness (QED) is 0.874. The topological polar surface area (TPSA) is 45.2 Å². The van der Waals surface area contributed by atoms with Crippen molar-refractivity contribution in [1.29, 1.82) is 0 Å². The van der Waals surface area contributed by atoms with Crippen LogP contribution in [0.1, 0.15) is 69.4 Å². The van der Waals surface area contributed by atoms with Crippen LogP contribution in [0.4, 0.5) is 4.79 Å². The number of hydrogen-bond acceptors (Lipinski definition) is 2. The number of likely N-dealkylation sites (tertiary alicyclic amines) is 1. The summed E-state index contributed by atoms with van der Waals surface area (Å²) < 4.78 is 0. The lowest BCUT2D eigenvalue weighted by molar-refractivity contribution is 0.174. The molecule has 0 aromatic carbocycles.